The molecule has 7 heteroatoms. The molecule has 0 aromatic heterocycles. The molecule has 0 bridgehead atoms. The van der Waals surface area contributed by atoms with Crippen LogP contribution in [0.15, 0.2) is 41.3 Å². The van der Waals surface area contributed by atoms with Crippen molar-refractivity contribution >= 4 is 38.9 Å². The van der Waals surface area contributed by atoms with E-state index >= 15 is 0 Å². The molecule has 0 saturated heterocycles. The third-order valence-corrected chi connectivity index (χ3v) is 5.11. The van der Waals surface area contributed by atoms with Gasteiger partial charge in [0.05, 0.1) is 22.2 Å². The molecule has 0 spiro atoms. The zero-order valence-corrected chi connectivity index (χ0v) is 13.4. The standard InChI is InChI=1S/C14H13Cl2NO3S/c1-9-6-12(16)13(7-11(9)15)17-21(19,20)14-5-3-2-4-10(14)8-18/h2-7,17-18H,8H2,1H3. The predicted octanol–water partition coefficient (Wildman–Crippen LogP) is 3.59. The Balaban J connectivity index is 2.45. The number of aliphatic hydroxyl groups excluding tert-OH is 1. The fourth-order valence-corrected chi connectivity index (χ4v) is 3.61. The molecule has 0 unspecified atom stereocenters. The van der Waals surface area contributed by atoms with Gasteiger partial charge in [-0.05, 0) is 36.2 Å². The Bertz CT molecular complexity index is 776. The summed E-state index contributed by atoms with van der Waals surface area (Å²) < 4.78 is 27.2. The number of nitrogens with one attached hydrogen (secondary N) is 1. The molecular weight excluding hydrogens is 333 g/mol. The third kappa shape index (κ3) is 3.49. The molecule has 0 amide bonds. The highest BCUT2D eigenvalue weighted by Gasteiger charge is 2.19. The van der Waals surface area contributed by atoms with E-state index in [1.807, 2.05) is 0 Å². The average molecular weight is 346 g/mol. The number of aryl methyl sites for hydroxylation is 1. The molecule has 0 aliphatic carbocycles. The van der Waals surface area contributed by atoms with Gasteiger partial charge in [-0.1, -0.05) is 41.4 Å². The largest absolute Gasteiger partial charge is 0.392 e. The van der Waals surface area contributed by atoms with Crippen LogP contribution in [0.3, 0.4) is 0 Å². The van der Waals surface area contributed by atoms with Gasteiger partial charge in [0, 0.05) is 5.02 Å². The van der Waals surface area contributed by atoms with Crippen molar-refractivity contribution < 1.29 is 13.5 Å². The van der Waals surface area contributed by atoms with E-state index in [1.165, 1.54) is 18.2 Å². The lowest BCUT2D eigenvalue weighted by Crippen LogP contribution is -2.15. The fourth-order valence-electron chi connectivity index (χ4n) is 1.82. The summed E-state index contributed by atoms with van der Waals surface area (Å²) in [6.45, 7) is 1.40. The Morgan fingerprint density at radius 3 is 2.48 bits per heavy atom. The second kappa shape index (κ2) is 6.23. The van der Waals surface area contributed by atoms with Gasteiger partial charge in [-0.3, -0.25) is 4.72 Å². The first-order chi connectivity index (χ1) is 9.85. The van der Waals surface area contributed by atoms with E-state index in [4.69, 9.17) is 23.2 Å². The van der Waals surface area contributed by atoms with Crippen LogP contribution in [-0.2, 0) is 16.6 Å². The molecule has 0 saturated carbocycles. The van der Waals surface area contributed by atoms with Crippen LogP contribution in [-0.4, -0.2) is 13.5 Å². The van der Waals surface area contributed by atoms with Gasteiger partial charge in [0.1, 0.15) is 0 Å². The zero-order valence-electron chi connectivity index (χ0n) is 11.1. The van der Waals surface area contributed by atoms with Crippen LogP contribution >= 0.6 is 23.2 Å². The Hall–Kier alpha value is -1.27. The number of aliphatic hydroxyl groups is 1. The van der Waals surface area contributed by atoms with Crippen molar-refractivity contribution in [1.82, 2.24) is 0 Å². The van der Waals surface area contributed by atoms with E-state index in [0.717, 1.165) is 5.56 Å². The van der Waals surface area contributed by atoms with Crippen LogP contribution in [0.5, 0.6) is 0 Å². The Morgan fingerprint density at radius 1 is 1.14 bits per heavy atom. The van der Waals surface area contributed by atoms with Gasteiger partial charge in [-0.25, -0.2) is 8.42 Å². The van der Waals surface area contributed by atoms with Gasteiger partial charge < -0.3 is 5.11 Å². The number of benzene rings is 2. The molecular formula is C14H13Cl2NO3S. The first-order valence-electron chi connectivity index (χ1n) is 6.02. The summed E-state index contributed by atoms with van der Waals surface area (Å²) >= 11 is 12.0. The molecule has 4 nitrogen and oxygen atoms in total. The molecule has 0 atom stereocenters. The van der Waals surface area contributed by atoms with Crippen molar-refractivity contribution in [3.05, 3.63) is 57.6 Å². The van der Waals surface area contributed by atoms with Crippen molar-refractivity contribution in [3.8, 4) is 0 Å². The van der Waals surface area contributed by atoms with Gasteiger partial charge >= 0.3 is 0 Å². The van der Waals surface area contributed by atoms with Gasteiger partial charge in [0.15, 0.2) is 0 Å². The number of rotatable bonds is 4. The molecule has 2 aromatic rings. The third-order valence-electron chi connectivity index (χ3n) is 2.93. The van der Waals surface area contributed by atoms with E-state index in [1.54, 1.807) is 25.1 Å². The van der Waals surface area contributed by atoms with E-state index in [2.05, 4.69) is 4.72 Å². The number of hydrogen-bond donors (Lipinski definition) is 2. The van der Waals surface area contributed by atoms with Gasteiger partial charge in [-0.2, -0.15) is 0 Å². The number of halogens is 2. The number of sulfonamides is 1. The minimum Gasteiger partial charge on any atom is -0.392 e. The monoisotopic (exact) mass is 345 g/mol. The molecule has 21 heavy (non-hydrogen) atoms. The maximum Gasteiger partial charge on any atom is 0.262 e. The van der Waals surface area contributed by atoms with Crippen LogP contribution in [0.4, 0.5) is 5.69 Å². The maximum absolute atomic E-state index is 12.4. The molecule has 112 valence electrons. The zero-order chi connectivity index (χ0) is 15.6. The SMILES string of the molecule is Cc1cc(Cl)c(NS(=O)(=O)c2ccccc2CO)cc1Cl. The average Bonchev–Trinajstić information content (AvgIpc) is 2.44. The summed E-state index contributed by atoms with van der Waals surface area (Å²) in [6.07, 6.45) is 0. The lowest BCUT2D eigenvalue weighted by Gasteiger charge is -2.13. The number of hydrogen-bond acceptors (Lipinski definition) is 3. The summed E-state index contributed by atoms with van der Waals surface area (Å²) in [6, 6.07) is 9.23. The van der Waals surface area contributed by atoms with Crippen molar-refractivity contribution in [2.45, 2.75) is 18.4 Å². The van der Waals surface area contributed by atoms with Crippen LogP contribution in [0, 0.1) is 6.92 Å². The second-order valence-electron chi connectivity index (χ2n) is 4.45. The summed E-state index contributed by atoms with van der Waals surface area (Å²) in [5.41, 5.74) is 1.25. The highest BCUT2D eigenvalue weighted by molar-refractivity contribution is 7.92. The Morgan fingerprint density at radius 2 is 1.81 bits per heavy atom. The fraction of sp³-hybridized carbons (Fsp3) is 0.143. The summed E-state index contributed by atoms with van der Waals surface area (Å²) in [7, 11) is -3.86. The lowest BCUT2D eigenvalue weighted by atomic mass is 10.2. The van der Waals surface area contributed by atoms with Gasteiger partial charge in [0.2, 0.25) is 0 Å². The summed E-state index contributed by atoms with van der Waals surface area (Å²) in [4.78, 5) is 0.000245. The molecule has 0 heterocycles. The van der Waals surface area contributed by atoms with E-state index < -0.39 is 10.0 Å². The van der Waals surface area contributed by atoms with Crippen molar-refractivity contribution in [3.63, 3.8) is 0 Å². The van der Waals surface area contributed by atoms with Crippen LogP contribution in [0.1, 0.15) is 11.1 Å². The highest BCUT2D eigenvalue weighted by Crippen LogP contribution is 2.31. The summed E-state index contributed by atoms with van der Waals surface area (Å²) in [5.74, 6) is 0. The number of anilines is 1. The van der Waals surface area contributed by atoms with Gasteiger partial charge in [-0.15, -0.1) is 0 Å². The van der Waals surface area contributed by atoms with Crippen LogP contribution in [0.25, 0.3) is 0 Å². The normalized spacial score (nSPS) is 11.4. The van der Waals surface area contributed by atoms with Crippen LogP contribution < -0.4 is 4.72 Å². The molecule has 0 aliphatic rings. The minimum absolute atomic E-state index is 0.000245. The lowest BCUT2D eigenvalue weighted by molar-refractivity contribution is 0.278. The molecule has 2 N–H and O–H groups in total. The highest BCUT2D eigenvalue weighted by atomic mass is 35.5. The minimum atomic E-state index is -3.86. The molecule has 2 aromatic carbocycles. The first-order valence-corrected chi connectivity index (χ1v) is 8.26. The topological polar surface area (TPSA) is 66.4 Å². The second-order valence-corrected chi connectivity index (χ2v) is 6.92. The maximum atomic E-state index is 12.4. The quantitative estimate of drug-likeness (QED) is 0.889. The Labute approximate surface area is 133 Å². The van der Waals surface area contributed by atoms with E-state index in [9.17, 15) is 13.5 Å². The van der Waals surface area contributed by atoms with E-state index in [-0.39, 0.29) is 22.2 Å². The van der Waals surface area contributed by atoms with Crippen molar-refractivity contribution in [2.24, 2.45) is 0 Å². The van der Waals surface area contributed by atoms with E-state index in [0.29, 0.717) is 10.6 Å². The van der Waals surface area contributed by atoms with Crippen LogP contribution in [0.2, 0.25) is 10.0 Å². The molecule has 0 fully saturated rings. The predicted molar refractivity (Wildman–Crippen MR) is 84.4 cm³/mol. The molecule has 2 rings (SSSR count). The van der Waals surface area contributed by atoms with Crippen molar-refractivity contribution in [2.75, 3.05) is 4.72 Å². The first kappa shape index (κ1) is 16.1. The molecule has 0 radical (unpaired) electrons. The van der Waals surface area contributed by atoms with Gasteiger partial charge in [0.25, 0.3) is 10.0 Å². The molecule has 0 aliphatic heterocycles. The Kier molecular flexibility index (Phi) is 4.78. The van der Waals surface area contributed by atoms with Crippen molar-refractivity contribution in [1.29, 1.82) is 0 Å². The summed E-state index contributed by atoms with van der Waals surface area (Å²) in [5, 5.41) is 9.91. The smallest absolute Gasteiger partial charge is 0.262 e.